The third-order valence-corrected chi connectivity index (χ3v) is 4.49. The molecular weight excluding hydrogens is 174 g/mol. The summed E-state index contributed by atoms with van der Waals surface area (Å²) in [5.74, 6) is 0. The van der Waals surface area contributed by atoms with E-state index in [0.29, 0.717) is 0 Å². The molecule has 0 radical (unpaired) electrons. The minimum atomic E-state index is -0.124. The Morgan fingerprint density at radius 1 is 1.14 bits per heavy atom. The number of hydrogen-bond donors (Lipinski definition) is 1. The highest BCUT2D eigenvalue weighted by Crippen LogP contribution is 2.40. The predicted octanol–water partition coefficient (Wildman–Crippen LogP) is 2.41. The van der Waals surface area contributed by atoms with Gasteiger partial charge in [-0.25, -0.2) is 0 Å². The van der Waals surface area contributed by atoms with E-state index in [0.717, 1.165) is 25.7 Å². The summed E-state index contributed by atoms with van der Waals surface area (Å²) in [5.41, 5.74) is 0.338. The Labute approximate surface area is 88.3 Å². The number of rotatable bonds is 2. The quantitative estimate of drug-likeness (QED) is 0.738. The first kappa shape index (κ1) is 12.0. The zero-order valence-corrected chi connectivity index (χ0v) is 10.3. The van der Waals surface area contributed by atoms with Gasteiger partial charge >= 0.3 is 0 Å². The van der Waals surface area contributed by atoms with E-state index in [1.807, 2.05) is 0 Å². The average molecular weight is 199 g/mol. The molecule has 0 aliphatic carbocycles. The van der Waals surface area contributed by atoms with Crippen molar-refractivity contribution < 1.29 is 5.11 Å². The van der Waals surface area contributed by atoms with Crippen LogP contribution in [0.3, 0.4) is 0 Å². The molecule has 0 saturated carbocycles. The van der Waals surface area contributed by atoms with Crippen molar-refractivity contribution in [1.82, 2.24) is 4.90 Å². The number of hydrogen-bond acceptors (Lipinski definition) is 2. The monoisotopic (exact) mass is 199 g/mol. The molecule has 2 atom stereocenters. The number of aliphatic hydroxyl groups excluding tert-OH is 1. The van der Waals surface area contributed by atoms with Gasteiger partial charge in [-0.2, -0.15) is 0 Å². The molecule has 0 amide bonds. The molecule has 14 heavy (non-hydrogen) atoms. The first-order valence-electron chi connectivity index (χ1n) is 5.80. The maximum atomic E-state index is 9.93. The van der Waals surface area contributed by atoms with Crippen LogP contribution >= 0.6 is 0 Å². The standard InChI is InChI=1S/C12H25NO/c1-6-11(3)8-10(14)9-12(4,7-2)13(11)5/h10,14H,6-9H2,1-5H3. The van der Waals surface area contributed by atoms with Crippen LogP contribution in [-0.2, 0) is 0 Å². The second-order valence-corrected chi connectivity index (χ2v) is 5.32. The summed E-state index contributed by atoms with van der Waals surface area (Å²) >= 11 is 0. The van der Waals surface area contributed by atoms with Gasteiger partial charge in [0.15, 0.2) is 0 Å². The lowest BCUT2D eigenvalue weighted by Crippen LogP contribution is -2.62. The van der Waals surface area contributed by atoms with Gasteiger partial charge < -0.3 is 5.11 Å². The van der Waals surface area contributed by atoms with Crippen LogP contribution in [0.25, 0.3) is 0 Å². The molecule has 2 unspecified atom stereocenters. The smallest absolute Gasteiger partial charge is 0.0575 e. The maximum Gasteiger partial charge on any atom is 0.0575 e. The summed E-state index contributed by atoms with van der Waals surface area (Å²) in [7, 11) is 2.21. The second kappa shape index (κ2) is 3.82. The third-order valence-electron chi connectivity index (χ3n) is 4.49. The summed E-state index contributed by atoms with van der Waals surface area (Å²) < 4.78 is 0. The van der Waals surface area contributed by atoms with Crippen LogP contribution in [0.15, 0.2) is 0 Å². The highest BCUT2D eigenvalue weighted by molar-refractivity contribution is 5.01. The predicted molar refractivity (Wildman–Crippen MR) is 60.4 cm³/mol. The number of likely N-dealkylation sites (tertiary alicyclic amines) is 1. The molecule has 0 bridgehead atoms. The van der Waals surface area contributed by atoms with E-state index in [1.54, 1.807) is 0 Å². The topological polar surface area (TPSA) is 23.5 Å². The van der Waals surface area contributed by atoms with Crippen LogP contribution in [0.4, 0.5) is 0 Å². The Morgan fingerprint density at radius 3 is 1.79 bits per heavy atom. The van der Waals surface area contributed by atoms with Crippen molar-refractivity contribution in [2.75, 3.05) is 7.05 Å². The Kier molecular flexibility index (Phi) is 3.27. The highest BCUT2D eigenvalue weighted by atomic mass is 16.3. The Hall–Kier alpha value is -0.0800. The van der Waals surface area contributed by atoms with E-state index in [1.165, 1.54) is 0 Å². The first-order valence-corrected chi connectivity index (χ1v) is 5.80. The highest BCUT2D eigenvalue weighted by Gasteiger charge is 2.45. The fourth-order valence-corrected chi connectivity index (χ4v) is 2.78. The van der Waals surface area contributed by atoms with Crippen LogP contribution in [-0.4, -0.2) is 34.2 Å². The third kappa shape index (κ3) is 1.82. The van der Waals surface area contributed by atoms with Crippen molar-refractivity contribution >= 4 is 0 Å². The molecule has 1 rings (SSSR count). The number of aliphatic hydroxyl groups is 1. The molecule has 0 aromatic rings. The van der Waals surface area contributed by atoms with Crippen LogP contribution in [0.5, 0.6) is 0 Å². The zero-order valence-electron chi connectivity index (χ0n) is 10.3. The Morgan fingerprint density at radius 2 is 1.50 bits per heavy atom. The minimum absolute atomic E-state index is 0.124. The Bertz CT molecular complexity index is 186. The van der Waals surface area contributed by atoms with Gasteiger partial charge in [0.25, 0.3) is 0 Å². The van der Waals surface area contributed by atoms with Gasteiger partial charge in [0, 0.05) is 11.1 Å². The van der Waals surface area contributed by atoms with Gasteiger partial charge in [0.05, 0.1) is 6.10 Å². The molecule has 1 N–H and O–H groups in total. The van der Waals surface area contributed by atoms with E-state index in [4.69, 9.17) is 0 Å². The fourth-order valence-electron chi connectivity index (χ4n) is 2.78. The number of piperidine rings is 1. The van der Waals surface area contributed by atoms with E-state index < -0.39 is 0 Å². The van der Waals surface area contributed by atoms with Gasteiger partial charge in [-0.15, -0.1) is 0 Å². The first-order chi connectivity index (χ1) is 6.38. The van der Waals surface area contributed by atoms with E-state index >= 15 is 0 Å². The van der Waals surface area contributed by atoms with E-state index in [-0.39, 0.29) is 17.2 Å². The molecule has 1 aliphatic rings. The Balaban J connectivity index is 2.92. The largest absolute Gasteiger partial charge is 0.393 e. The SMILES string of the molecule is CCC1(C)CC(O)CC(C)(CC)N1C. The average Bonchev–Trinajstić information content (AvgIpc) is 2.14. The van der Waals surface area contributed by atoms with Gasteiger partial charge in [0.1, 0.15) is 0 Å². The normalized spacial score (nSPS) is 45.4. The lowest BCUT2D eigenvalue weighted by Gasteiger charge is -2.55. The summed E-state index contributed by atoms with van der Waals surface area (Å²) in [6, 6.07) is 0. The van der Waals surface area contributed by atoms with Gasteiger partial charge in [-0.3, -0.25) is 4.90 Å². The fraction of sp³-hybridized carbons (Fsp3) is 1.00. The van der Waals surface area contributed by atoms with Crippen LogP contribution in [0.2, 0.25) is 0 Å². The van der Waals surface area contributed by atoms with Crippen LogP contribution in [0, 0.1) is 0 Å². The van der Waals surface area contributed by atoms with Gasteiger partial charge in [-0.05, 0) is 46.6 Å². The van der Waals surface area contributed by atoms with Gasteiger partial charge in [0.2, 0.25) is 0 Å². The lowest BCUT2D eigenvalue weighted by atomic mass is 9.74. The summed E-state index contributed by atoms with van der Waals surface area (Å²) in [4.78, 5) is 2.48. The van der Waals surface area contributed by atoms with Gasteiger partial charge in [-0.1, -0.05) is 13.8 Å². The molecule has 84 valence electrons. The molecule has 2 nitrogen and oxygen atoms in total. The van der Waals surface area contributed by atoms with Crippen molar-refractivity contribution in [3.63, 3.8) is 0 Å². The molecule has 1 saturated heterocycles. The van der Waals surface area contributed by atoms with E-state index in [9.17, 15) is 5.11 Å². The maximum absolute atomic E-state index is 9.93. The second-order valence-electron chi connectivity index (χ2n) is 5.32. The minimum Gasteiger partial charge on any atom is -0.393 e. The molecule has 1 fully saturated rings. The lowest BCUT2D eigenvalue weighted by molar-refractivity contribution is -0.0834. The van der Waals surface area contributed by atoms with Crippen molar-refractivity contribution in [3.8, 4) is 0 Å². The van der Waals surface area contributed by atoms with Crippen molar-refractivity contribution in [1.29, 1.82) is 0 Å². The van der Waals surface area contributed by atoms with Crippen molar-refractivity contribution in [2.24, 2.45) is 0 Å². The van der Waals surface area contributed by atoms with Crippen LogP contribution in [0.1, 0.15) is 53.4 Å². The molecule has 0 spiro atoms. The molecule has 1 heterocycles. The van der Waals surface area contributed by atoms with Crippen LogP contribution < -0.4 is 0 Å². The van der Waals surface area contributed by atoms with E-state index in [2.05, 4.69) is 39.6 Å². The molecular formula is C12H25NO. The van der Waals surface area contributed by atoms with Crippen molar-refractivity contribution in [2.45, 2.75) is 70.6 Å². The molecule has 0 aromatic heterocycles. The molecule has 1 aliphatic heterocycles. The molecule has 0 aromatic carbocycles. The zero-order chi connectivity index (χ0) is 11.0. The summed E-state index contributed by atoms with van der Waals surface area (Å²) in [6.45, 7) is 8.96. The summed E-state index contributed by atoms with van der Waals surface area (Å²) in [5, 5.41) is 9.93. The number of nitrogens with zero attached hydrogens (tertiary/aromatic N) is 1. The summed E-state index contributed by atoms with van der Waals surface area (Å²) in [6.07, 6.45) is 3.92. The van der Waals surface area contributed by atoms with Crippen molar-refractivity contribution in [3.05, 3.63) is 0 Å². The molecule has 2 heteroatoms.